The van der Waals surface area contributed by atoms with Crippen LogP contribution in [0.2, 0.25) is 0 Å². The lowest BCUT2D eigenvalue weighted by Crippen LogP contribution is -2.48. The first-order chi connectivity index (χ1) is 10.1. The van der Waals surface area contributed by atoms with Gasteiger partial charge in [0, 0.05) is 31.4 Å². The topological polar surface area (TPSA) is 44.7 Å². The van der Waals surface area contributed by atoms with E-state index < -0.39 is 0 Å². The fourth-order valence-electron chi connectivity index (χ4n) is 2.46. The molecule has 1 aromatic rings. The molecule has 1 rings (SSSR count). The number of rotatable bonds is 10. The van der Waals surface area contributed by atoms with Crippen LogP contribution in [0.4, 0.5) is 5.69 Å². The first-order valence-electron chi connectivity index (χ1n) is 7.83. The number of benzene rings is 1. The monoisotopic (exact) mass is 294 g/mol. The summed E-state index contributed by atoms with van der Waals surface area (Å²) in [6.45, 7) is 5.90. The minimum Gasteiger partial charge on any atom is -0.494 e. The Labute approximate surface area is 129 Å². The van der Waals surface area contributed by atoms with Gasteiger partial charge in [0.05, 0.1) is 13.2 Å². The molecular formula is C17H30N2O2. The molecule has 21 heavy (non-hydrogen) atoms. The summed E-state index contributed by atoms with van der Waals surface area (Å²) in [6.07, 6.45) is 2.77. The van der Waals surface area contributed by atoms with Crippen LogP contribution in [0.5, 0.6) is 5.75 Å². The Balaban J connectivity index is 2.44. The molecule has 0 spiro atoms. The summed E-state index contributed by atoms with van der Waals surface area (Å²) in [7, 11) is 4.04. The summed E-state index contributed by atoms with van der Waals surface area (Å²) in [4.78, 5) is 2.06. The van der Waals surface area contributed by atoms with Crippen LogP contribution in [0.3, 0.4) is 0 Å². The molecule has 4 heteroatoms. The van der Waals surface area contributed by atoms with Gasteiger partial charge in [-0.1, -0.05) is 19.9 Å². The second-order valence-corrected chi connectivity index (χ2v) is 5.67. The number of likely N-dealkylation sites (N-methyl/N-ethyl adjacent to an activating group) is 1. The fraction of sp³-hybridized carbons (Fsp3) is 0.647. The second kappa shape index (κ2) is 8.90. The molecular weight excluding hydrogens is 264 g/mol. The van der Waals surface area contributed by atoms with Crippen molar-refractivity contribution in [2.24, 2.45) is 0 Å². The molecule has 0 fully saturated rings. The minimum absolute atomic E-state index is 0.163. The largest absolute Gasteiger partial charge is 0.494 e. The lowest BCUT2D eigenvalue weighted by atomic mass is 9.91. The van der Waals surface area contributed by atoms with Gasteiger partial charge in [-0.15, -0.1) is 0 Å². The van der Waals surface area contributed by atoms with Gasteiger partial charge in [-0.3, -0.25) is 0 Å². The van der Waals surface area contributed by atoms with Crippen LogP contribution in [0.15, 0.2) is 24.3 Å². The number of ether oxygens (including phenoxy) is 1. The molecule has 120 valence electrons. The Morgan fingerprint density at radius 2 is 2.05 bits per heavy atom. The summed E-state index contributed by atoms with van der Waals surface area (Å²) >= 11 is 0. The third-order valence-electron chi connectivity index (χ3n) is 3.93. The smallest absolute Gasteiger partial charge is 0.121 e. The van der Waals surface area contributed by atoms with Gasteiger partial charge in [-0.05, 0) is 37.9 Å². The Morgan fingerprint density at radius 3 is 2.62 bits per heavy atom. The highest BCUT2D eigenvalue weighted by molar-refractivity contribution is 5.49. The summed E-state index contributed by atoms with van der Waals surface area (Å²) in [6, 6.07) is 8.10. The molecule has 0 saturated heterocycles. The van der Waals surface area contributed by atoms with Crippen molar-refractivity contribution in [3.63, 3.8) is 0 Å². The van der Waals surface area contributed by atoms with Crippen LogP contribution < -0.4 is 15.0 Å². The quantitative estimate of drug-likeness (QED) is 0.651. The maximum Gasteiger partial charge on any atom is 0.121 e. The van der Waals surface area contributed by atoms with E-state index >= 15 is 0 Å². The Bertz CT molecular complexity index is 404. The van der Waals surface area contributed by atoms with E-state index in [9.17, 15) is 5.11 Å². The van der Waals surface area contributed by atoms with Crippen molar-refractivity contribution in [3.8, 4) is 5.75 Å². The SMILES string of the molecule is CCNC(CC)(CO)CCCOc1cccc(N(C)C)c1. The van der Waals surface area contributed by atoms with E-state index in [1.54, 1.807) is 0 Å². The number of hydrogen-bond donors (Lipinski definition) is 2. The van der Waals surface area contributed by atoms with Gasteiger partial charge in [0.2, 0.25) is 0 Å². The zero-order valence-corrected chi connectivity index (χ0v) is 13.9. The summed E-state index contributed by atoms with van der Waals surface area (Å²) in [5.74, 6) is 0.899. The Morgan fingerprint density at radius 1 is 1.29 bits per heavy atom. The Hall–Kier alpha value is -1.26. The van der Waals surface area contributed by atoms with Gasteiger partial charge in [0.25, 0.3) is 0 Å². The van der Waals surface area contributed by atoms with E-state index in [-0.39, 0.29) is 12.1 Å². The average molecular weight is 294 g/mol. The van der Waals surface area contributed by atoms with Crippen molar-refractivity contribution in [3.05, 3.63) is 24.3 Å². The first kappa shape index (κ1) is 17.8. The summed E-state index contributed by atoms with van der Waals surface area (Å²) in [5, 5.41) is 13.0. The van der Waals surface area contributed by atoms with Crippen LogP contribution in [-0.4, -0.2) is 44.5 Å². The minimum atomic E-state index is -0.163. The molecule has 4 nitrogen and oxygen atoms in total. The number of nitrogens with one attached hydrogen (secondary N) is 1. The number of hydrogen-bond acceptors (Lipinski definition) is 4. The van der Waals surface area contributed by atoms with Gasteiger partial charge in [0.1, 0.15) is 5.75 Å². The number of aliphatic hydroxyl groups excluding tert-OH is 1. The highest BCUT2D eigenvalue weighted by atomic mass is 16.5. The molecule has 0 bridgehead atoms. The average Bonchev–Trinajstić information content (AvgIpc) is 2.50. The molecule has 0 amide bonds. The van der Waals surface area contributed by atoms with E-state index in [0.29, 0.717) is 6.61 Å². The van der Waals surface area contributed by atoms with Crippen molar-refractivity contribution in [2.75, 3.05) is 38.8 Å². The van der Waals surface area contributed by atoms with Crippen LogP contribution in [0.25, 0.3) is 0 Å². The van der Waals surface area contributed by atoms with Gasteiger partial charge >= 0.3 is 0 Å². The zero-order chi connectivity index (χ0) is 15.7. The van der Waals surface area contributed by atoms with Gasteiger partial charge < -0.3 is 20.1 Å². The van der Waals surface area contributed by atoms with Crippen LogP contribution >= 0.6 is 0 Å². The van der Waals surface area contributed by atoms with Gasteiger partial charge in [-0.2, -0.15) is 0 Å². The highest BCUT2D eigenvalue weighted by Crippen LogP contribution is 2.21. The Kier molecular flexibility index (Phi) is 7.54. The molecule has 0 aliphatic rings. The van der Waals surface area contributed by atoms with Crippen molar-refractivity contribution in [1.29, 1.82) is 0 Å². The van der Waals surface area contributed by atoms with E-state index in [4.69, 9.17) is 4.74 Å². The van der Waals surface area contributed by atoms with Crippen molar-refractivity contribution >= 4 is 5.69 Å². The van der Waals surface area contributed by atoms with E-state index in [1.807, 2.05) is 32.3 Å². The van der Waals surface area contributed by atoms with E-state index in [1.165, 1.54) is 0 Å². The normalized spacial score (nSPS) is 13.8. The molecule has 1 unspecified atom stereocenters. The fourth-order valence-corrected chi connectivity index (χ4v) is 2.46. The molecule has 0 heterocycles. The predicted molar refractivity (Wildman–Crippen MR) is 89.3 cm³/mol. The molecule has 0 aliphatic carbocycles. The molecule has 0 radical (unpaired) electrons. The van der Waals surface area contributed by atoms with Crippen molar-refractivity contribution < 1.29 is 9.84 Å². The zero-order valence-electron chi connectivity index (χ0n) is 13.9. The maximum atomic E-state index is 9.61. The van der Waals surface area contributed by atoms with Gasteiger partial charge in [0.15, 0.2) is 0 Å². The molecule has 2 N–H and O–H groups in total. The standard InChI is InChI=1S/C17H30N2O2/c1-5-17(14-20,18-6-2)11-8-12-21-16-10-7-9-15(13-16)19(3)4/h7,9-10,13,18,20H,5-6,8,11-12,14H2,1-4H3. The van der Waals surface area contributed by atoms with Crippen molar-refractivity contribution in [2.45, 2.75) is 38.6 Å². The summed E-state index contributed by atoms with van der Waals surface area (Å²) < 4.78 is 5.82. The summed E-state index contributed by atoms with van der Waals surface area (Å²) in [5.41, 5.74) is 0.974. The number of aliphatic hydroxyl groups is 1. The maximum absolute atomic E-state index is 9.61. The lowest BCUT2D eigenvalue weighted by Gasteiger charge is -2.31. The third-order valence-corrected chi connectivity index (χ3v) is 3.93. The molecule has 1 atom stereocenters. The van der Waals surface area contributed by atoms with Crippen LogP contribution in [-0.2, 0) is 0 Å². The van der Waals surface area contributed by atoms with Gasteiger partial charge in [-0.25, -0.2) is 0 Å². The third kappa shape index (κ3) is 5.56. The molecule has 0 saturated carbocycles. The number of anilines is 1. The molecule has 1 aromatic carbocycles. The predicted octanol–water partition coefficient (Wildman–Crippen LogP) is 2.66. The van der Waals surface area contributed by atoms with Crippen LogP contribution in [0, 0.1) is 0 Å². The molecule has 0 aromatic heterocycles. The highest BCUT2D eigenvalue weighted by Gasteiger charge is 2.25. The second-order valence-electron chi connectivity index (χ2n) is 5.67. The van der Waals surface area contributed by atoms with Crippen molar-refractivity contribution in [1.82, 2.24) is 5.32 Å². The molecule has 0 aliphatic heterocycles. The first-order valence-corrected chi connectivity index (χ1v) is 7.83. The van der Waals surface area contributed by atoms with E-state index in [2.05, 4.69) is 30.1 Å². The number of nitrogens with zero attached hydrogens (tertiary/aromatic N) is 1. The van der Waals surface area contributed by atoms with E-state index in [0.717, 1.165) is 37.2 Å². The lowest BCUT2D eigenvalue weighted by molar-refractivity contribution is 0.139. The van der Waals surface area contributed by atoms with Crippen LogP contribution in [0.1, 0.15) is 33.1 Å².